The number of nitrogens with zero attached hydrogens (tertiary/aromatic N) is 1. The smallest absolute Gasteiger partial charge is 0.307 e. The molecule has 2 N–H and O–H groups in total. The first kappa shape index (κ1) is 12.4. The van der Waals surface area contributed by atoms with Gasteiger partial charge in [0.25, 0.3) is 0 Å². The van der Waals surface area contributed by atoms with Crippen molar-refractivity contribution in [1.29, 1.82) is 0 Å². The molecule has 5 heteroatoms. The number of rotatable bonds is 2. The van der Waals surface area contributed by atoms with Crippen LogP contribution in [0.2, 0.25) is 0 Å². The summed E-state index contributed by atoms with van der Waals surface area (Å²) in [7, 11) is 0. The van der Waals surface area contributed by atoms with Crippen molar-refractivity contribution in [3.8, 4) is 0 Å². The van der Waals surface area contributed by atoms with Gasteiger partial charge in [-0.25, -0.2) is 0 Å². The first-order valence-corrected chi connectivity index (χ1v) is 6.29. The van der Waals surface area contributed by atoms with Gasteiger partial charge in [-0.05, 0) is 19.3 Å². The minimum Gasteiger partial charge on any atom is -0.481 e. The highest BCUT2D eigenvalue weighted by atomic mass is 16.4. The molecule has 96 valence electrons. The van der Waals surface area contributed by atoms with E-state index in [0.29, 0.717) is 32.4 Å². The Hall–Kier alpha value is -1.10. The van der Waals surface area contributed by atoms with Crippen LogP contribution >= 0.6 is 0 Å². The van der Waals surface area contributed by atoms with Crippen LogP contribution in [0.1, 0.15) is 32.1 Å². The number of β-amino-alcohol motifs (C(OH)–C–C–N with tert-alkyl or cyclic N) is 1. The van der Waals surface area contributed by atoms with Gasteiger partial charge in [-0.3, -0.25) is 9.59 Å². The van der Waals surface area contributed by atoms with E-state index in [4.69, 9.17) is 5.11 Å². The second kappa shape index (κ2) is 5.04. The van der Waals surface area contributed by atoms with Gasteiger partial charge in [0.1, 0.15) is 0 Å². The van der Waals surface area contributed by atoms with E-state index in [9.17, 15) is 14.7 Å². The van der Waals surface area contributed by atoms with Gasteiger partial charge in [0.2, 0.25) is 5.91 Å². The summed E-state index contributed by atoms with van der Waals surface area (Å²) in [6, 6.07) is 0. The second-order valence-corrected chi connectivity index (χ2v) is 5.06. The summed E-state index contributed by atoms with van der Waals surface area (Å²) in [5, 5.41) is 18.5. The number of aliphatic carboxylic acids is 1. The van der Waals surface area contributed by atoms with Crippen LogP contribution in [0.15, 0.2) is 0 Å². The van der Waals surface area contributed by atoms with Gasteiger partial charge in [-0.1, -0.05) is 12.8 Å². The lowest BCUT2D eigenvalue weighted by atomic mass is 9.78. The summed E-state index contributed by atoms with van der Waals surface area (Å²) in [4.78, 5) is 25.0. The fourth-order valence-electron chi connectivity index (χ4n) is 2.90. The molecule has 1 aliphatic carbocycles. The molecule has 0 aromatic rings. The maximum absolute atomic E-state index is 12.2. The summed E-state index contributed by atoms with van der Waals surface area (Å²) in [6.07, 6.45) is 3.26. The zero-order chi connectivity index (χ0) is 12.4. The number of amides is 1. The molecule has 3 atom stereocenters. The lowest BCUT2D eigenvalue weighted by Gasteiger charge is -2.30. The number of aliphatic hydroxyl groups is 1. The summed E-state index contributed by atoms with van der Waals surface area (Å²) in [6.45, 7) is 0.921. The number of hydrogen-bond donors (Lipinski definition) is 2. The van der Waals surface area contributed by atoms with Crippen LogP contribution in [0.25, 0.3) is 0 Å². The molecule has 1 heterocycles. The van der Waals surface area contributed by atoms with Crippen LogP contribution in [-0.2, 0) is 9.59 Å². The van der Waals surface area contributed by atoms with Crippen LogP contribution in [0.3, 0.4) is 0 Å². The molecule has 1 aliphatic heterocycles. The Kier molecular flexibility index (Phi) is 3.66. The van der Waals surface area contributed by atoms with Crippen molar-refractivity contribution < 1.29 is 19.8 Å². The van der Waals surface area contributed by atoms with Gasteiger partial charge in [-0.15, -0.1) is 0 Å². The van der Waals surface area contributed by atoms with E-state index in [1.807, 2.05) is 0 Å². The third kappa shape index (κ3) is 2.60. The van der Waals surface area contributed by atoms with Crippen molar-refractivity contribution in [3.63, 3.8) is 0 Å². The van der Waals surface area contributed by atoms with Gasteiger partial charge >= 0.3 is 5.97 Å². The predicted octanol–water partition coefficient (Wildman–Crippen LogP) is 0.471. The Balaban J connectivity index is 2.03. The summed E-state index contributed by atoms with van der Waals surface area (Å²) < 4.78 is 0. The van der Waals surface area contributed by atoms with Gasteiger partial charge in [0.15, 0.2) is 0 Å². The van der Waals surface area contributed by atoms with Gasteiger partial charge in [-0.2, -0.15) is 0 Å². The van der Waals surface area contributed by atoms with Crippen LogP contribution in [0, 0.1) is 11.8 Å². The standard InChI is InChI=1S/C12H19NO4/c14-8-5-6-13(7-8)11(15)9-3-1-2-4-10(9)12(16)17/h8-10,14H,1-7H2,(H,16,17)/t8?,9-,10+/m1/s1. The number of hydrogen-bond acceptors (Lipinski definition) is 3. The average Bonchev–Trinajstić information content (AvgIpc) is 2.75. The highest BCUT2D eigenvalue weighted by molar-refractivity contribution is 5.85. The molecular formula is C12H19NO4. The van der Waals surface area contributed by atoms with Crippen LogP contribution in [0.4, 0.5) is 0 Å². The van der Waals surface area contributed by atoms with Crippen molar-refractivity contribution >= 4 is 11.9 Å². The van der Waals surface area contributed by atoms with E-state index in [-0.39, 0.29) is 11.8 Å². The fourth-order valence-corrected chi connectivity index (χ4v) is 2.90. The van der Waals surface area contributed by atoms with E-state index in [1.165, 1.54) is 0 Å². The molecule has 1 saturated carbocycles. The van der Waals surface area contributed by atoms with Crippen LogP contribution < -0.4 is 0 Å². The van der Waals surface area contributed by atoms with E-state index in [2.05, 4.69) is 0 Å². The molecule has 0 bridgehead atoms. The Bertz CT molecular complexity index is 318. The van der Waals surface area contributed by atoms with E-state index < -0.39 is 18.0 Å². The first-order valence-electron chi connectivity index (χ1n) is 6.29. The third-order valence-electron chi connectivity index (χ3n) is 3.88. The molecular weight excluding hydrogens is 222 g/mol. The maximum atomic E-state index is 12.2. The minimum absolute atomic E-state index is 0.0753. The number of carboxylic acids is 1. The highest BCUT2D eigenvalue weighted by Gasteiger charge is 2.39. The molecule has 1 amide bonds. The zero-order valence-electron chi connectivity index (χ0n) is 9.84. The molecule has 5 nitrogen and oxygen atoms in total. The third-order valence-corrected chi connectivity index (χ3v) is 3.88. The molecule has 1 unspecified atom stereocenters. The molecule has 0 radical (unpaired) electrons. The minimum atomic E-state index is -0.859. The van der Waals surface area contributed by atoms with Crippen molar-refractivity contribution in [2.75, 3.05) is 13.1 Å². The average molecular weight is 241 g/mol. The predicted molar refractivity (Wildman–Crippen MR) is 60.3 cm³/mol. The highest BCUT2D eigenvalue weighted by Crippen LogP contribution is 2.32. The van der Waals surface area contributed by atoms with Gasteiger partial charge < -0.3 is 15.1 Å². The molecule has 1 saturated heterocycles. The zero-order valence-corrected chi connectivity index (χ0v) is 9.84. The Morgan fingerprint density at radius 2 is 1.71 bits per heavy atom. The Morgan fingerprint density at radius 1 is 1.06 bits per heavy atom. The fraction of sp³-hybridized carbons (Fsp3) is 0.833. The SMILES string of the molecule is O=C(O)[C@H]1CCCC[C@H]1C(=O)N1CCC(O)C1. The van der Waals surface area contributed by atoms with E-state index in [0.717, 1.165) is 12.8 Å². The van der Waals surface area contributed by atoms with Gasteiger partial charge in [0.05, 0.1) is 17.9 Å². The molecule has 2 fully saturated rings. The van der Waals surface area contributed by atoms with Crippen molar-refractivity contribution in [2.24, 2.45) is 11.8 Å². The topological polar surface area (TPSA) is 77.8 Å². The van der Waals surface area contributed by atoms with E-state index in [1.54, 1.807) is 4.90 Å². The Morgan fingerprint density at radius 3 is 2.24 bits per heavy atom. The van der Waals surface area contributed by atoms with Crippen LogP contribution in [0.5, 0.6) is 0 Å². The lowest BCUT2D eigenvalue weighted by molar-refractivity contribution is -0.152. The molecule has 0 aromatic carbocycles. The van der Waals surface area contributed by atoms with Crippen LogP contribution in [-0.4, -0.2) is 46.2 Å². The number of carbonyl (C=O) groups excluding carboxylic acids is 1. The van der Waals surface area contributed by atoms with Crippen molar-refractivity contribution in [2.45, 2.75) is 38.2 Å². The molecule has 0 aromatic heterocycles. The van der Waals surface area contributed by atoms with Gasteiger partial charge in [0, 0.05) is 13.1 Å². The van der Waals surface area contributed by atoms with E-state index >= 15 is 0 Å². The van der Waals surface area contributed by atoms with Crippen molar-refractivity contribution in [3.05, 3.63) is 0 Å². The number of carboxylic acid groups (broad SMARTS) is 1. The second-order valence-electron chi connectivity index (χ2n) is 5.06. The molecule has 2 rings (SSSR count). The number of carbonyl (C=O) groups is 2. The monoisotopic (exact) mass is 241 g/mol. The quantitative estimate of drug-likeness (QED) is 0.736. The summed E-state index contributed by atoms with van der Waals surface area (Å²) >= 11 is 0. The maximum Gasteiger partial charge on any atom is 0.307 e. The van der Waals surface area contributed by atoms with Crippen molar-refractivity contribution in [1.82, 2.24) is 4.90 Å². The number of likely N-dealkylation sites (tertiary alicyclic amines) is 1. The lowest BCUT2D eigenvalue weighted by Crippen LogP contribution is -2.41. The summed E-state index contributed by atoms with van der Waals surface area (Å²) in [5.41, 5.74) is 0. The molecule has 2 aliphatic rings. The normalized spacial score (nSPS) is 33.7. The number of aliphatic hydroxyl groups excluding tert-OH is 1. The first-order chi connectivity index (χ1) is 8.09. The molecule has 17 heavy (non-hydrogen) atoms. The largest absolute Gasteiger partial charge is 0.481 e. The molecule has 0 spiro atoms. The Labute approximate surface area is 100 Å². The summed E-state index contributed by atoms with van der Waals surface area (Å²) in [5.74, 6) is -1.85.